The van der Waals surface area contributed by atoms with Crippen molar-refractivity contribution < 1.29 is 14.3 Å². The lowest BCUT2D eigenvalue weighted by molar-refractivity contribution is 0.0355. The number of hydrogen-bond donors (Lipinski definition) is 0. The van der Waals surface area contributed by atoms with Crippen LogP contribution in [0.25, 0.3) is 10.8 Å². The molecule has 5 rings (SSSR count). The molecule has 4 aromatic rings. The van der Waals surface area contributed by atoms with Gasteiger partial charge in [0.15, 0.2) is 0 Å². The lowest BCUT2D eigenvalue weighted by atomic mass is 10.0. The number of ether oxygens (including phenoxy) is 2. The Labute approximate surface area is 212 Å². The third-order valence-corrected chi connectivity index (χ3v) is 6.56. The second-order valence-electron chi connectivity index (χ2n) is 9.12. The van der Waals surface area contributed by atoms with E-state index < -0.39 is 0 Å². The molecule has 0 N–H and O–H groups in total. The maximum Gasteiger partial charge on any atom is 0.254 e. The molecule has 0 saturated carbocycles. The fraction of sp³-hybridized carbons (Fsp3) is 0.258. The summed E-state index contributed by atoms with van der Waals surface area (Å²) in [7, 11) is 0. The van der Waals surface area contributed by atoms with E-state index in [0.29, 0.717) is 13.1 Å². The summed E-state index contributed by atoms with van der Waals surface area (Å²) >= 11 is 0. The van der Waals surface area contributed by atoms with Gasteiger partial charge in [-0.3, -0.25) is 9.69 Å². The number of fused-ring (bicyclic) bond motifs is 1. The van der Waals surface area contributed by atoms with E-state index in [9.17, 15) is 4.79 Å². The topological polar surface area (TPSA) is 42.0 Å². The summed E-state index contributed by atoms with van der Waals surface area (Å²) in [4.78, 5) is 18.3. The van der Waals surface area contributed by atoms with Crippen LogP contribution in [-0.2, 0) is 11.3 Å². The summed E-state index contributed by atoms with van der Waals surface area (Å²) in [6, 6.07) is 31.8. The number of rotatable bonds is 9. The summed E-state index contributed by atoms with van der Waals surface area (Å²) in [5.74, 6) is 1.62. The normalized spacial score (nSPS) is 14.0. The summed E-state index contributed by atoms with van der Waals surface area (Å²) in [5.41, 5.74) is 1.79. The Morgan fingerprint density at radius 2 is 1.56 bits per heavy atom. The largest absolute Gasteiger partial charge is 0.457 e. The highest BCUT2D eigenvalue weighted by Gasteiger charge is 2.19. The average Bonchev–Trinajstić information content (AvgIpc) is 2.93. The van der Waals surface area contributed by atoms with Gasteiger partial charge in [0, 0.05) is 38.3 Å². The van der Waals surface area contributed by atoms with E-state index in [1.54, 1.807) is 0 Å². The van der Waals surface area contributed by atoms with Crippen molar-refractivity contribution in [2.45, 2.75) is 13.0 Å². The van der Waals surface area contributed by atoms with E-state index in [2.05, 4.69) is 23.1 Å². The van der Waals surface area contributed by atoms with Crippen LogP contribution in [0.1, 0.15) is 22.3 Å². The highest BCUT2D eigenvalue weighted by Crippen LogP contribution is 2.24. The zero-order valence-corrected chi connectivity index (χ0v) is 20.5. The molecule has 4 aromatic carbocycles. The van der Waals surface area contributed by atoms with Gasteiger partial charge >= 0.3 is 0 Å². The zero-order valence-electron chi connectivity index (χ0n) is 20.5. The molecule has 1 heterocycles. The predicted octanol–water partition coefficient (Wildman–Crippen LogP) is 6.00. The Bertz CT molecular complexity index is 1280. The SMILES string of the molecule is O=C(c1cccc2ccccc12)N(CCCN1CCOCC1)Cc1cccc(Oc2ccccc2)c1. The first-order valence-electron chi connectivity index (χ1n) is 12.7. The van der Waals surface area contributed by atoms with Crippen LogP contribution in [0.2, 0.25) is 0 Å². The van der Waals surface area contributed by atoms with Gasteiger partial charge in [-0.15, -0.1) is 0 Å². The molecule has 0 aliphatic carbocycles. The van der Waals surface area contributed by atoms with Crippen molar-refractivity contribution in [1.82, 2.24) is 9.80 Å². The molecule has 1 aliphatic heterocycles. The van der Waals surface area contributed by atoms with Gasteiger partial charge in [0.25, 0.3) is 5.91 Å². The Kier molecular flexibility index (Phi) is 7.91. The second-order valence-corrected chi connectivity index (χ2v) is 9.12. The smallest absolute Gasteiger partial charge is 0.254 e. The number of amides is 1. The molecule has 1 amide bonds. The van der Waals surface area contributed by atoms with Crippen LogP contribution in [0.5, 0.6) is 11.5 Å². The minimum Gasteiger partial charge on any atom is -0.457 e. The maximum absolute atomic E-state index is 13.9. The van der Waals surface area contributed by atoms with Crippen LogP contribution in [0.4, 0.5) is 0 Å². The minimum absolute atomic E-state index is 0.0585. The van der Waals surface area contributed by atoms with Crippen LogP contribution in [0, 0.1) is 0 Å². The van der Waals surface area contributed by atoms with Crippen LogP contribution >= 0.6 is 0 Å². The molecule has 5 nitrogen and oxygen atoms in total. The van der Waals surface area contributed by atoms with Gasteiger partial charge in [-0.25, -0.2) is 0 Å². The van der Waals surface area contributed by atoms with E-state index >= 15 is 0 Å². The third-order valence-electron chi connectivity index (χ3n) is 6.56. The van der Waals surface area contributed by atoms with Crippen molar-refractivity contribution in [3.63, 3.8) is 0 Å². The van der Waals surface area contributed by atoms with Crippen molar-refractivity contribution in [1.29, 1.82) is 0 Å². The number of carbonyl (C=O) groups is 1. The quantitative estimate of drug-likeness (QED) is 0.295. The summed E-state index contributed by atoms with van der Waals surface area (Å²) in [6.45, 7) is 5.65. The number of para-hydroxylation sites is 1. The first-order valence-corrected chi connectivity index (χ1v) is 12.7. The van der Waals surface area contributed by atoms with Crippen LogP contribution in [0.15, 0.2) is 97.1 Å². The number of carbonyl (C=O) groups excluding carboxylic acids is 1. The molecule has 1 saturated heterocycles. The molecule has 1 aliphatic rings. The predicted molar refractivity (Wildman–Crippen MR) is 144 cm³/mol. The second kappa shape index (κ2) is 11.8. The van der Waals surface area contributed by atoms with E-state index in [1.807, 2.05) is 83.8 Å². The monoisotopic (exact) mass is 480 g/mol. The molecule has 36 heavy (non-hydrogen) atoms. The number of morpholine rings is 1. The van der Waals surface area contributed by atoms with Crippen molar-refractivity contribution in [3.05, 3.63) is 108 Å². The van der Waals surface area contributed by atoms with E-state index in [4.69, 9.17) is 9.47 Å². The van der Waals surface area contributed by atoms with Crippen molar-refractivity contribution in [2.75, 3.05) is 39.4 Å². The van der Waals surface area contributed by atoms with Gasteiger partial charge < -0.3 is 14.4 Å². The maximum atomic E-state index is 13.9. The highest BCUT2D eigenvalue weighted by atomic mass is 16.5. The summed E-state index contributed by atoms with van der Waals surface area (Å²) in [6.07, 6.45) is 0.913. The van der Waals surface area contributed by atoms with Gasteiger partial charge in [0.1, 0.15) is 11.5 Å². The van der Waals surface area contributed by atoms with Gasteiger partial charge in [-0.2, -0.15) is 0 Å². The molecule has 0 bridgehead atoms. The molecular weight excluding hydrogens is 448 g/mol. The van der Waals surface area contributed by atoms with Gasteiger partial charge in [-0.1, -0.05) is 66.7 Å². The Morgan fingerprint density at radius 1 is 0.833 bits per heavy atom. The first kappa shape index (κ1) is 24.0. The third kappa shape index (κ3) is 6.11. The molecule has 0 unspecified atom stereocenters. The molecule has 184 valence electrons. The molecule has 0 radical (unpaired) electrons. The lowest BCUT2D eigenvalue weighted by Gasteiger charge is -2.28. The molecule has 0 spiro atoms. The fourth-order valence-electron chi connectivity index (χ4n) is 4.70. The molecule has 1 fully saturated rings. The standard InChI is InChI=1S/C31H32N2O3/c34-31(30-16-7-11-26-10-4-5-15-29(26)30)33(18-8-17-32-19-21-35-22-20-32)24-25-9-6-14-28(23-25)36-27-12-2-1-3-13-27/h1-7,9-16,23H,8,17-22,24H2. The number of hydrogen-bond acceptors (Lipinski definition) is 4. The summed E-state index contributed by atoms with van der Waals surface area (Å²) < 4.78 is 11.5. The van der Waals surface area contributed by atoms with Crippen molar-refractivity contribution in [2.24, 2.45) is 0 Å². The average molecular weight is 481 g/mol. The van der Waals surface area contributed by atoms with Gasteiger partial charge in [0.2, 0.25) is 0 Å². The fourth-order valence-corrected chi connectivity index (χ4v) is 4.70. The molecule has 0 aromatic heterocycles. The van der Waals surface area contributed by atoms with Crippen molar-refractivity contribution >= 4 is 16.7 Å². The molecular formula is C31H32N2O3. The number of benzene rings is 4. The lowest BCUT2D eigenvalue weighted by Crippen LogP contribution is -2.39. The Balaban J connectivity index is 1.35. The zero-order chi connectivity index (χ0) is 24.6. The highest BCUT2D eigenvalue weighted by molar-refractivity contribution is 6.07. The molecule has 0 atom stereocenters. The molecule has 5 heteroatoms. The van der Waals surface area contributed by atoms with E-state index in [0.717, 1.165) is 72.7 Å². The van der Waals surface area contributed by atoms with Crippen LogP contribution in [-0.4, -0.2) is 55.1 Å². The number of nitrogens with zero attached hydrogens (tertiary/aromatic N) is 2. The first-order chi connectivity index (χ1) is 17.8. The van der Waals surface area contributed by atoms with Gasteiger partial charge in [-0.05, 0) is 53.1 Å². The van der Waals surface area contributed by atoms with Crippen molar-refractivity contribution in [3.8, 4) is 11.5 Å². The minimum atomic E-state index is 0.0585. The van der Waals surface area contributed by atoms with Gasteiger partial charge in [0.05, 0.1) is 13.2 Å². The van der Waals surface area contributed by atoms with Crippen LogP contribution in [0.3, 0.4) is 0 Å². The Hall–Kier alpha value is -3.67. The Morgan fingerprint density at radius 3 is 2.42 bits per heavy atom. The summed E-state index contributed by atoms with van der Waals surface area (Å²) in [5, 5.41) is 2.07. The van der Waals surface area contributed by atoms with Crippen LogP contribution < -0.4 is 4.74 Å². The van der Waals surface area contributed by atoms with E-state index in [1.165, 1.54) is 0 Å². The van der Waals surface area contributed by atoms with E-state index in [-0.39, 0.29) is 5.91 Å².